The number of rotatable bonds is 4. The van der Waals surface area contributed by atoms with Crippen LogP contribution < -0.4 is 0 Å². The highest BCUT2D eigenvalue weighted by molar-refractivity contribution is 5.45. The van der Waals surface area contributed by atoms with Crippen LogP contribution in [0.25, 0.3) is 6.08 Å². The zero-order valence-electron chi connectivity index (χ0n) is 8.71. The Morgan fingerprint density at radius 1 is 1.57 bits per heavy atom. The Morgan fingerprint density at radius 3 is 2.93 bits per heavy atom. The second-order valence-electron chi connectivity index (χ2n) is 3.05. The lowest BCUT2D eigenvalue weighted by molar-refractivity contribution is 0.484. The smallest absolute Gasteiger partial charge is 0.195 e. The molecule has 0 atom stereocenters. The molecule has 14 heavy (non-hydrogen) atoms. The van der Waals surface area contributed by atoms with Crippen LogP contribution in [0.3, 0.4) is 0 Å². The van der Waals surface area contributed by atoms with Crippen molar-refractivity contribution in [3.8, 4) is 12.3 Å². The summed E-state index contributed by atoms with van der Waals surface area (Å²) in [4.78, 5) is 4.35. The molecule has 0 aliphatic carbocycles. The number of aryl methyl sites for hydroxylation is 1. The Kier molecular flexibility index (Phi) is 4.00. The Morgan fingerprint density at radius 2 is 2.36 bits per heavy atom. The van der Waals surface area contributed by atoms with Crippen LogP contribution >= 0.6 is 0 Å². The van der Waals surface area contributed by atoms with Gasteiger partial charge in [-0.25, -0.2) is 4.98 Å². The van der Waals surface area contributed by atoms with Gasteiger partial charge in [-0.1, -0.05) is 13.0 Å². The summed E-state index contributed by atoms with van der Waals surface area (Å²) < 4.78 is 5.55. The average molecular weight is 189 g/mol. The van der Waals surface area contributed by atoms with Crippen LogP contribution in [0.15, 0.2) is 10.5 Å². The van der Waals surface area contributed by atoms with Gasteiger partial charge in [0, 0.05) is 6.42 Å². The summed E-state index contributed by atoms with van der Waals surface area (Å²) in [6.07, 6.45) is 11.5. The third kappa shape index (κ3) is 2.50. The topological polar surface area (TPSA) is 26.0 Å². The maximum Gasteiger partial charge on any atom is 0.195 e. The molecule has 0 aromatic carbocycles. The molecule has 0 saturated carbocycles. The normalized spacial score (nSPS) is 10.6. The van der Waals surface area contributed by atoms with Gasteiger partial charge in [0.2, 0.25) is 0 Å². The largest absolute Gasteiger partial charge is 0.441 e. The second kappa shape index (κ2) is 5.29. The van der Waals surface area contributed by atoms with Gasteiger partial charge in [-0.2, -0.15) is 0 Å². The van der Waals surface area contributed by atoms with Crippen LogP contribution in [-0.4, -0.2) is 4.98 Å². The molecule has 0 spiro atoms. The summed E-state index contributed by atoms with van der Waals surface area (Å²) in [7, 11) is 0. The van der Waals surface area contributed by atoms with Gasteiger partial charge in [0.1, 0.15) is 0 Å². The highest BCUT2D eigenvalue weighted by Gasteiger charge is 2.08. The summed E-state index contributed by atoms with van der Waals surface area (Å²) >= 11 is 0. The van der Waals surface area contributed by atoms with Gasteiger partial charge in [0.25, 0.3) is 0 Å². The first kappa shape index (κ1) is 10.6. The van der Waals surface area contributed by atoms with Crippen LogP contribution in [-0.2, 0) is 12.8 Å². The molecule has 1 heterocycles. The van der Waals surface area contributed by atoms with Crippen LogP contribution in [0.2, 0.25) is 0 Å². The van der Waals surface area contributed by atoms with Crippen molar-refractivity contribution < 1.29 is 4.42 Å². The number of hydrogen-bond acceptors (Lipinski definition) is 2. The van der Waals surface area contributed by atoms with Crippen molar-refractivity contribution in [1.82, 2.24) is 4.98 Å². The minimum absolute atomic E-state index is 0.535. The summed E-state index contributed by atoms with van der Waals surface area (Å²) in [6, 6.07) is 0. The minimum Gasteiger partial charge on any atom is -0.441 e. The van der Waals surface area contributed by atoms with Crippen LogP contribution in [0.5, 0.6) is 0 Å². The van der Waals surface area contributed by atoms with Gasteiger partial charge < -0.3 is 4.42 Å². The van der Waals surface area contributed by atoms with Crippen LogP contribution in [0, 0.1) is 12.3 Å². The first-order valence-corrected chi connectivity index (χ1v) is 4.86. The molecule has 0 N–H and O–H groups in total. The molecule has 0 unspecified atom stereocenters. The molecule has 2 heteroatoms. The number of aromatic nitrogens is 1. The SMILES string of the molecule is C#CCc1nc(CCC)oc1/C=C\C. The number of allylic oxidation sites excluding steroid dienone is 1. The van der Waals surface area contributed by atoms with E-state index in [0.717, 1.165) is 30.2 Å². The Balaban J connectivity index is 2.94. The molecule has 0 radical (unpaired) electrons. The molecule has 0 aliphatic heterocycles. The van der Waals surface area contributed by atoms with E-state index in [1.54, 1.807) is 0 Å². The van der Waals surface area contributed by atoms with E-state index >= 15 is 0 Å². The second-order valence-corrected chi connectivity index (χ2v) is 3.05. The fourth-order valence-electron chi connectivity index (χ4n) is 1.24. The zero-order chi connectivity index (χ0) is 10.4. The fraction of sp³-hybridized carbons (Fsp3) is 0.417. The van der Waals surface area contributed by atoms with E-state index in [9.17, 15) is 0 Å². The number of nitrogens with zero attached hydrogens (tertiary/aromatic N) is 1. The maximum atomic E-state index is 5.55. The predicted octanol–water partition coefficient (Wildman–Crippen LogP) is 2.84. The highest BCUT2D eigenvalue weighted by atomic mass is 16.4. The molecule has 1 aromatic rings. The van der Waals surface area contributed by atoms with E-state index in [0.29, 0.717) is 6.42 Å². The lowest BCUT2D eigenvalue weighted by Crippen LogP contribution is -1.86. The molecule has 0 aliphatic rings. The summed E-state index contributed by atoms with van der Waals surface area (Å²) in [5.41, 5.74) is 0.869. The van der Waals surface area contributed by atoms with Crippen molar-refractivity contribution in [2.24, 2.45) is 0 Å². The fourth-order valence-corrected chi connectivity index (χ4v) is 1.24. The predicted molar refractivity (Wildman–Crippen MR) is 57.7 cm³/mol. The van der Waals surface area contributed by atoms with Crippen LogP contribution in [0.4, 0.5) is 0 Å². The molecular weight excluding hydrogens is 174 g/mol. The molecule has 1 rings (SSSR count). The molecule has 0 saturated heterocycles. The van der Waals surface area contributed by atoms with Crippen molar-refractivity contribution in [3.05, 3.63) is 23.4 Å². The van der Waals surface area contributed by atoms with Gasteiger partial charge in [0.15, 0.2) is 11.7 Å². The Bertz CT molecular complexity index is 355. The van der Waals surface area contributed by atoms with Gasteiger partial charge in [-0.05, 0) is 19.4 Å². The molecule has 1 aromatic heterocycles. The van der Waals surface area contributed by atoms with Crippen LogP contribution in [0.1, 0.15) is 37.6 Å². The quantitative estimate of drug-likeness (QED) is 0.681. The Labute approximate surface area is 85.0 Å². The Hall–Kier alpha value is -1.49. The zero-order valence-corrected chi connectivity index (χ0v) is 8.71. The monoisotopic (exact) mass is 189 g/mol. The van der Waals surface area contributed by atoms with Crippen molar-refractivity contribution in [2.45, 2.75) is 33.1 Å². The van der Waals surface area contributed by atoms with Gasteiger partial charge in [0.05, 0.1) is 12.1 Å². The molecule has 74 valence electrons. The van der Waals surface area contributed by atoms with E-state index in [1.807, 2.05) is 19.1 Å². The first-order chi connectivity index (χ1) is 6.81. The molecular formula is C12H15NO. The van der Waals surface area contributed by atoms with Crippen molar-refractivity contribution in [1.29, 1.82) is 0 Å². The van der Waals surface area contributed by atoms with E-state index in [4.69, 9.17) is 10.8 Å². The number of oxazole rings is 1. The summed E-state index contributed by atoms with van der Waals surface area (Å²) in [5.74, 6) is 4.16. The standard InChI is InChI=1S/C12H15NO/c1-4-7-10-11(8-5-2)14-12(13-10)9-6-3/h1,5,8H,6-7,9H2,2-3H3/b8-5-. The van der Waals surface area contributed by atoms with E-state index < -0.39 is 0 Å². The summed E-state index contributed by atoms with van der Waals surface area (Å²) in [5, 5.41) is 0. The van der Waals surface area contributed by atoms with Crippen molar-refractivity contribution in [3.63, 3.8) is 0 Å². The average Bonchev–Trinajstić information content (AvgIpc) is 2.50. The van der Waals surface area contributed by atoms with E-state index in [1.165, 1.54) is 0 Å². The van der Waals surface area contributed by atoms with Gasteiger partial charge in [-0.15, -0.1) is 12.3 Å². The highest BCUT2D eigenvalue weighted by Crippen LogP contribution is 2.14. The summed E-state index contributed by atoms with van der Waals surface area (Å²) in [6.45, 7) is 4.04. The van der Waals surface area contributed by atoms with Gasteiger partial charge in [-0.3, -0.25) is 0 Å². The maximum absolute atomic E-state index is 5.55. The lowest BCUT2D eigenvalue weighted by Gasteiger charge is -1.87. The third-order valence-corrected chi connectivity index (χ3v) is 1.82. The third-order valence-electron chi connectivity index (χ3n) is 1.82. The van der Waals surface area contributed by atoms with Gasteiger partial charge >= 0.3 is 0 Å². The van der Waals surface area contributed by atoms with E-state index in [2.05, 4.69) is 17.8 Å². The molecule has 2 nitrogen and oxygen atoms in total. The van der Waals surface area contributed by atoms with Crippen molar-refractivity contribution in [2.75, 3.05) is 0 Å². The molecule has 0 amide bonds. The molecule has 0 fully saturated rings. The number of terminal acetylenes is 1. The lowest BCUT2D eigenvalue weighted by atomic mass is 10.2. The number of hydrogen-bond donors (Lipinski definition) is 0. The van der Waals surface area contributed by atoms with Crippen molar-refractivity contribution >= 4 is 6.08 Å². The molecule has 0 bridgehead atoms. The first-order valence-electron chi connectivity index (χ1n) is 4.86. The van der Waals surface area contributed by atoms with E-state index in [-0.39, 0.29) is 0 Å². The minimum atomic E-state index is 0.535.